The summed E-state index contributed by atoms with van der Waals surface area (Å²) in [6, 6.07) is 3.69. The molecule has 0 spiro atoms. The first-order chi connectivity index (χ1) is 9.12. The van der Waals surface area contributed by atoms with Crippen LogP contribution in [0.3, 0.4) is 0 Å². The molecule has 0 aliphatic heterocycles. The molecule has 0 aromatic heterocycles. The Kier molecular flexibility index (Phi) is 5.66. The summed E-state index contributed by atoms with van der Waals surface area (Å²) in [7, 11) is 0. The van der Waals surface area contributed by atoms with Gasteiger partial charge in [-0.1, -0.05) is 32.9 Å². The van der Waals surface area contributed by atoms with Crippen LogP contribution in [0.5, 0.6) is 0 Å². The molecule has 0 heterocycles. The van der Waals surface area contributed by atoms with E-state index in [1.807, 2.05) is 0 Å². The molecule has 0 bridgehead atoms. The van der Waals surface area contributed by atoms with E-state index in [-0.39, 0.29) is 5.41 Å². The van der Waals surface area contributed by atoms with Crippen LogP contribution in [0, 0.1) is 13.8 Å². The Hall–Kier alpha value is -1.00. The molecule has 112 valence electrons. The molecule has 1 atom stereocenters. The molecule has 0 saturated heterocycles. The Morgan fingerprint density at radius 1 is 1.30 bits per heavy atom. The lowest BCUT2D eigenvalue weighted by atomic mass is 9.84. The first-order valence-corrected chi connectivity index (χ1v) is 7.95. The zero-order valence-electron chi connectivity index (χ0n) is 13.0. The lowest BCUT2D eigenvalue weighted by molar-refractivity contribution is -0.137. The maximum absolute atomic E-state index is 10.7. The summed E-state index contributed by atoms with van der Waals surface area (Å²) < 4.78 is 0. The molecule has 3 N–H and O–H groups in total. The normalized spacial score (nSPS) is 13.3. The topological polar surface area (TPSA) is 63.3 Å². The van der Waals surface area contributed by atoms with E-state index in [9.17, 15) is 4.79 Å². The summed E-state index contributed by atoms with van der Waals surface area (Å²) in [5.74, 6) is 0.312. The second-order valence-electron chi connectivity index (χ2n) is 6.30. The number of thioether (sulfide) groups is 1. The minimum Gasteiger partial charge on any atom is -0.480 e. The maximum atomic E-state index is 10.7. The van der Waals surface area contributed by atoms with Crippen LogP contribution in [0.15, 0.2) is 12.1 Å². The SMILES string of the molecule is Cc1cc(C(C)(C)C)cc(C)c1CSCC(N)C(=O)O. The van der Waals surface area contributed by atoms with Crippen LogP contribution in [0.1, 0.15) is 43.0 Å². The summed E-state index contributed by atoms with van der Waals surface area (Å²) in [6.45, 7) is 10.9. The van der Waals surface area contributed by atoms with Crippen LogP contribution in [0.2, 0.25) is 0 Å². The van der Waals surface area contributed by atoms with E-state index in [1.165, 1.54) is 22.3 Å². The lowest BCUT2D eigenvalue weighted by Crippen LogP contribution is -2.32. The van der Waals surface area contributed by atoms with Gasteiger partial charge < -0.3 is 10.8 Å². The Balaban J connectivity index is 2.80. The monoisotopic (exact) mass is 295 g/mol. The molecule has 0 saturated carbocycles. The molecule has 0 fully saturated rings. The van der Waals surface area contributed by atoms with Gasteiger partial charge in [0.15, 0.2) is 0 Å². The molecule has 1 aromatic carbocycles. The van der Waals surface area contributed by atoms with Crippen LogP contribution in [0.4, 0.5) is 0 Å². The van der Waals surface area contributed by atoms with Crippen molar-refractivity contribution < 1.29 is 9.90 Å². The number of benzene rings is 1. The van der Waals surface area contributed by atoms with Gasteiger partial charge in [-0.25, -0.2) is 0 Å². The predicted molar refractivity (Wildman–Crippen MR) is 86.4 cm³/mol. The van der Waals surface area contributed by atoms with Gasteiger partial charge in [-0.15, -0.1) is 0 Å². The largest absolute Gasteiger partial charge is 0.480 e. The van der Waals surface area contributed by atoms with E-state index in [1.54, 1.807) is 11.8 Å². The average molecular weight is 295 g/mol. The van der Waals surface area contributed by atoms with Crippen LogP contribution >= 0.6 is 11.8 Å². The summed E-state index contributed by atoms with van der Waals surface area (Å²) in [5, 5.41) is 8.78. The first kappa shape index (κ1) is 17.1. The number of aliphatic carboxylic acids is 1. The zero-order valence-corrected chi connectivity index (χ0v) is 13.8. The third kappa shape index (κ3) is 4.53. The number of carbonyl (C=O) groups is 1. The fourth-order valence-electron chi connectivity index (χ4n) is 2.01. The van der Waals surface area contributed by atoms with Crippen molar-refractivity contribution in [1.82, 2.24) is 0 Å². The summed E-state index contributed by atoms with van der Waals surface area (Å²) in [4.78, 5) is 10.7. The van der Waals surface area contributed by atoms with Gasteiger partial charge in [-0.3, -0.25) is 4.79 Å². The summed E-state index contributed by atoms with van der Waals surface area (Å²) in [5.41, 5.74) is 10.8. The van der Waals surface area contributed by atoms with Gasteiger partial charge in [0.05, 0.1) is 0 Å². The van der Waals surface area contributed by atoms with Crippen molar-refractivity contribution in [2.75, 3.05) is 5.75 Å². The van der Waals surface area contributed by atoms with Crippen LogP contribution in [-0.4, -0.2) is 22.9 Å². The van der Waals surface area contributed by atoms with Gasteiger partial charge in [0.2, 0.25) is 0 Å². The Morgan fingerprint density at radius 3 is 2.20 bits per heavy atom. The Labute approximate surface area is 125 Å². The number of carboxylic acids is 1. The second-order valence-corrected chi connectivity index (χ2v) is 7.33. The van der Waals surface area contributed by atoms with E-state index in [2.05, 4.69) is 46.8 Å². The van der Waals surface area contributed by atoms with Gasteiger partial charge in [-0.05, 0) is 41.5 Å². The molecule has 4 heteroatoms. The van der Waals surface area contributed by atoms with Gasteiger partial charge >= 0.3 is 5.97 Å². The van der Waals surface area contributed by atoms with Crippen LogP contribution in [-0.2, 0) is 16.0 Å². The van der Waals surface area contributed by atoms with Crippen molar-refractivity contribution in [2.24, 2.45) is 5.73 Å². The highest BCUT2D eigenvalue weighted by atomic mass is 32.2. The van der Waals surface area contributed by atoms with Crippen molar-refractivity contribution in [3.63, 3.8) is 0 Å². The fraction of sp³-hybridized carbons (Fsp3) is 0.562. The Bertz CT molecular complexity index is 469. The molecule has 1 unspecified atom stereocenters. The van der Waals surface area contributed by atoms with Gasteiger partial charge in [-0.2, -0.15) is 11.8 Å². The van der Waals surface area contributed by atoms with E-state index < -0.39 is 12.0 Å². The van der Waals surface area contributed by atoms with Crippen LogP contribution in [0.25, 0.3) is 0 Å². The second kappa shape index (κ2) is 6.64. The number of rotatable bonds is 5. The fourth-order valence-corrected chi connectivity index (χ4v) is 3.19. The minimum atomic E-state index is -0.936. The molecule has 0 aliphatic carbocycles. The van der Waals surface area contributed by atoms with Crippen LogP contribution < -0.4 is 5.73 Å². The van der Waals surface area contributed by atoms with E-state index in [0.29, 0.717) is 5.75 Å². The van der Waals surface area contributed by atoms with Crippen molar-refractivity contribution in [2.45, 2.75) is 51.8 Å². The molecule has 0 aliphatic rings. The molecular formula is C16H25NO2S. The van der Waals surface area contributed by atoms with Crippen molar-refractivity contribution >= 4 is 17.7 Å². The van der Waals surface area contributed by atoms with Crippen molar-refractivity contribution in [3.05, 3.63) is 34.4 Å². The van der Waals surface area contributed by atoms with E-state index >= 15 is 0 Å². The quantitative estimate of drug-likeness (QED) is 0.875. The molecule has 0 radical (unpaired) electrons. The molecular weight excluding hydrogens is 270 g/mol. The van der Waals surface area contributed by atoms with Crippen molar-refractivity contribution in [1.29, 1.82) is 0 Å². The van der Waals surface area contributed by atoms with Gasteiger partial charge in [0, 0.05) is 11.5 Å². The number of hydrogen-bond donors (Lipinski definition) is 2. The third-order valence-electron chi connectivity index (χ3n) is 3.42. The number of nitrogens with two attached hydrogens (primary N) is 1. The van der Waals surface area contributed by atoms with Gasteiger partial charge in [0.25, 0.3) is 0 Å². The minimum absolute atomic E-state index is 0.146. The van der Waals surface area contributed by atoms with E-state index in [4.69, 9.17) is 10.8 Å². The predicted octanol–water partition coefficient (Wildman–Crippen LogP) is 3.25. The van der Waals surface area contributed by atoms with Gasteiger partial charge in [0.1, 0.15) is 6.04 Å². The summed E-state index contributed by atoms with van der Waals surface area (Å²) in [6.07, 6.45) is 0. The standard InChI is InChI=1S/C16H25NO2S/c1-10-6-12(16(3,4)5)7-11(2)13(10)8-20-9-14(17)15(18)19/h6-7,14H,8-9,17H2,1-5H3,(H,18,19). The smallest absolute Gasteiger partial charge is 0.321 e. The molecule has 1 rings (SSSR count). The Morgan fingerprint density at radius 2 is 1.80 bits per heavy atom. The molecule has 1 aromatic rings. The molecule has 20 heavy (non-hydrogen) atoms. The molecule has 3 nitrogen and oxygen atoms in total. The average Bonchev–Trinajstić information content (AvgIpc) is 2.30. The first-order valence-electron chi connectivity index (χ1n) is 6.79. The lowest BCUT2D eigenvalue weighted by Gasteiger charge is -2.22. The van der Waals surface area contributed by atoms with Crippen molar-refractivity contribution in [3.8, 4) is 0 Å². The molecule has 0 amide bonds. The highest BCUT2D eigenvalue weighted by molar-refractivity contribution is 7.98. The number of carboxylic acid groups (broad SMARTS) is 1. The number of hydrogen-bond acceptors (Lipinski definition) is 3. The summed E-state index contributed by atoms with van der Waals surface area (Å²) >= 11 is 1.58. The maximum Gasteiger partial charge on any atom is 0.321 e. The highest BCUT2D eigenvalue weighted by Gasteiger charge is 2.17. The number of aryl methyl sites for hydroxylation is 2. The third-order valence-corrected chi connectivity index (χ3v) is 4.51. The van der Waals surface area contributed by atoms with E-state index in [0.717, 1.165) is 5.75 Å². The zero-order chi connectivity index (χ0) is 15.5. The highest BCUT2D eigenvalue weighted by Crippen LogP contribution is 2.28.